The minimum absolute atomic E-state index is 0.0530. The molecule has 0 fully saturated rings. The number of nitrogens with zero attached hydrogens (tertiary/aromatic N) is 2. The highest BCUT2D eigenvalue weighted by Gasteiger charge is 2.21. The molecule has 3 aromatic rings. The molecule has 35 heavy (non-hydrogen) atoms. The van der Waals surface area contributed by atoms with Gasteiger partial charge < -0.3 is 15.4 Å². The maximum Gasteiger partial charge on any atom is 0.311 e. The zero-order valence-corrected chi connectivity index (χ0v) is 18.8. The van der Waals surface area contributed by atoms with E-state index in [9.17, 15) is 29.8 Å². The third-order valence-corrected chi connectivity index (χ3v) is 4.92. The van der Waals surface area contributed by atoms with Crippen molar-refractivity contribution in [3.8, 4) is 5.75 Å². The summed E-state index contributed by atoms with van der Waals surface area (Å²) in [5, 5.41) is 28.1. The zero-order chi connectivity index (χ0) is 25.5. The molecule has 11 nitrogen and oxygen atoms in total. The van der Waals surface area contributed by atoms with Crippen molar-refractivity contribution in [1.29, 1.82) is 0 Å². The van der Waals surface area contributed by atoms with E-state index in [2.05, 4.69) is 10.6 Å². The van der Waals surface area contributed by atoms with E-state index in [0.717, 1.165) is 12.1 Å². The van der Waals surface area contributed by atoms with Gasteiger partial charge in [-0.3, -0.25) is 29.8 Å². The molecule has 0 aliphatic rings. The van der Waals surface area contributed by atoms with Crippen LogP contribution in [-0.4, -0.2) is 28.8 Å². The molecule has 0 heterocycles. The quantitative estimate of drug-likeness (QED) is 0.263. The summed E-state index contributed by atoms with van der Waals surface area (Å²) < 4.78 is 4.93. The van der Waals surface area contributed by atoms with Crippen LogP contribution < -0.4 is 15.4 Å². The largest absolute Gasteiger partial charge is 0.490 e. The van der Waals surface area contributed by atoms with Gasteiger partial charge in [-0.1, -0.05) is 23.7 Å². The van der Waals surface area contributed by atoms with Crippen LogP contribution in [-0.2, 0) is 4.79 Å². The van der Waals surface area contributed by atoms with Crippen molar-refractivity contribution in [2.45, 2.75) is 0 Å². The summed E-state index contributed by atoms with van der Waals surface area (Å²) in [5.41, 5.74) is -0.807. The molecule has 2 amide bonds. The van der Waals surface area contributed by atoms with Crippen molar-refractivity contribution >= 4 is 46.6 Å². The van der Waals surface area contributed by atoms with Crippen LogP contribution in [0.1, 0.15) is 15.9 Å². The second kappa shape index (κ2) is 10.9. The number of nitro groups is 2. The number of halogens is 1. The third kappa shape index (κ3) is 6.18. The van der Waals surface area contributed by atoms with Gasteiger partial charge in [-0.05, 0) is 48.5 Å². The molecule has 3 aromatic carbocycles. The normalized spacial score (nSPS) is 10.9. The Kier molecular flexibility index (Phi) is 7.74. The van der Waals surface area contributed by atoms with E-state index in [1.165, 1.54) is 67.8 Å². The van der Waals surface area contributed by atoms with Gasteiger partial charge in [0.2, 0.25) is 0 Å². The number of hydrogen-bond acceptors (Lipinski definition) is 7. The van der Waals surface area contributed by atoms with Crippen molar-refractivity contribution in [1.82, 2.24) is 5.32 Å². The van der Waals surface area contributed by atoms with Gasteiger partial charge >= 0.3 is 5.69 Å². The number of carbonyl (C=O) groups excluding carboxylic acids is 2. The average Bonchev–Trinajstić information content (AvgIpc) is 2.84. The van der Waals surface area contributed by atoms with Crippen LogP contribution >= 0.6 is 11.6 Å². The molecule has 0 radical (unpaired) electrons. The Balaban J connectivity index is 2.00. The molecular weight excluding hydrogens is 480 g/mol. The summed E-state index contributed by atoms with van der Waals surface area (Å²) in [6.45, 7) is 0. The minimum atomic E-state index is -0.855. The molecule has 178 valence electrons. The van der Waals surface area contributed by atoms with E-state index in [4.69, 9.17) is 16.3 Å². The van der Waals surface area contributed by atoms with Crippen LogP contribution in [0.3, 0.4) is 0 Å². The molecule has 0 aromatic heterocycles. The molecule has 0 saturated heterocycles. The number of nitro benzene ring substituents is 2. The van der Waals surface area contributed by atoms with Crippen LogP contribution in [0.4, 0.5) is 17.1 Å². The van der Waals surface area contributed by atoms with Gasteiger partial charge in [0, 0.05) is 28.4 Å². The van der Waals surface area contributed by atoms with Gasteiger partial charge in [-0.25, -0.2) is 0 Å². The lowest BCUT2D eigenvalue weighted by molar-refractivity contribution is -0.385. The Morgan fingerprint density at radius 2 is 1.60 bits per heavy atom. The number of rotatable bonds is 8. The Bertz CT molecular complexity index is 1340. The fourth-order valence-electron chi connectivity index (χ4n) is 2.99. The van der Waals surface area contributed by atoms with Crippen molar-refractivity contribution in [3.63, 3.8) is 0 Å². The van der Waals surface area contributed by atoms with E-state index in [1.54, 1.807) is 0 Å². The molecule has 0 atom stereocenters. The van der Waals surface area contributed by atoms with Gasteiger partial charge in [-0.15, -0.1) is 0 Å². The van der Waals surface area contributed by atoms with Crippen molar-refractivity contribution < 1.29 is 24.2 Å². The van der Waals surface area contributed by atoms with E-state index in [1.807, 2.05) is 0 Å². The number of nitrogens with one attached hydrogen (secondary N) is 2. The number of anilines is 1. The standard InChI is InChI=1S/C23H17ClN4O7/c1-35-21-11-6-15(13-20(21)28(33)34)22(29)26-18(12-14-4-2-3-5-19(14)27(31)32)23(30)25-17-9-7-16(24)8-10-17/h2-13H,1H3,(H,25,30)(H,26,29)/b18-12-. The first-order chi connectivity index (χ1) is 16.7. The minimum Gasteiger partial charge on any atom is -0.490 e. The summed E-state index contributed by atoms with van der Waals surface area (Å²) in [5.74, 6) is -1.70. The summed E-state index contributed by atoms with van der Waals surface area (Å²) in [6, 6.07) is 15.3. The molecule has 0 aliphatic heterocycles. The first kappa shape index (κ1) is 24.9. The fraction of sp³-hybridized carbons (Fsp3) is 0.0435. The predicted molar refractivity (Wildman–Crippen MR) is 128 cm³/mol. The Labute approximate surface area is 203 Å². The van der Waals surface area contributed by atoms with E-state index < -0.39 is 27.3 Å². The smallest absolute Gasteiger partial charge is 0.311 e. The van der Waals surface area contributed by atoms with Crippen molar-refractivity contribution in [2.24, 2.45) is 0 Å². The van der Waals surface area contributed by atoms with Gasteiger partial charge in [0.15, 0.2) is 5.75 Å². The number of carbonyl (C=O) groups is 2. The third-order valence-electron chi connectivity index (χ3n) is 4.67. The molecule has 0 aliphatic carbocycles. The summed E-state index contributed by atoms with van der Waals surface area (Å²) in [6.07, 6.45) is 1.14. The predicted octanol–water partition coefficient (Wildman–Crippen LogP) is 4.57. The lowest BCUT2D eigenvalue weighted by atomic mass is 10.1. The maximum atomic E-state index is 13.0. The Morgan fingerprint density at radius 3 is 2.23 bits per heavy atom. The second-order valence-corrected chi connectivity index (χ2v) is 7.37. The van der Waals surface area contributed by atoms with Crippen LogP contribution in [0.25, 0.3) is 6.08 Å². The number of amides is 2. The molecule has 2 N–H and O–H groups in total. The fourth-order valence-corrected chi connectivity index (χ4v) is 3.12. The summed E-state index contributed by atoms with van der Waals surface area (Å²) in [4.78, 5) is 47.3. The topological polar surface area (TPSA) is 154 Å². The highest BCUT2D eigenvalue weighted by molar-refractivity contribution is 6.30. The highest BCUT2D eigenvalue weighted by atomic mass is 35.5. The zero-order valence-electron chi connectivity index (χ0n) is 18.1. The van der Waals surface area contributed by atoms with Crippen molar-refractivity contribution in [3.05, 3.63) is 109 Å². The lowest BCUT2D eigenvalue weighted by Gasteiger charge is -2.12. The number of para-hydroxylation sites is 1. The SMILES string of the molecule is COc1ccc(C(=O)N/C(=C\c2ccccc2[N+](=O)[O-])C(=O)Nc2ccc(Cl)cc2)cc1[N+](=O)[O-]. The molecule has 0 unspecified atom stereocenters. The molecule has 0 saturated carbocycles. The van der Waals surface area contributed by atoms with E-state index >= 15 is 0 Å². The van der Waals surface area contributed by atoms with Gasteiger partial charge in [0.05, 0.1) is 22.5 Å². The second-order valence-electron chi connectivity index (χ2n) is 6.93. The summed E-state index contributed by atoms with van der Waals surface area (Å²) in [7, 11) is 1.25. The monoisotopic (exact) mass is 496 g/mol. The molecule has 0 bridgehead atoms. The van der Waals surface area contributed by atoms with Crippen LogP contribution in [0.5, 0.6) is 5.75 Å². The molecule has 3 rings (SSSR count). The van der Waals surface area contributed by atoms with Gasteiger partial charge in [0.1, 0.15) is 5.70 Å². The number of hydrogen-bond donors (Lipinski definition) is 2. The highest BCUT2D eigenvalue weighted by Crippen LogP contribution is 2.28. The lowest BCUT2D eigenvalue weighted by Crippen LogP contribution is -2.30. The van der Waals surface area contributed by atoms with Crippen LogP contribution in [0.2, 0.25) is 5.02 Å². The van der Waals surface area contributed by atoms with Crippen molar-refractivity contribution in [2.75, 3.05) is 12.4 Å². The molecule has 0 spiro atoms. The van der Waals surface area contributed by atoms with Gasteiger partial charge in [0.25, 0.3) is 17.5 Å². The Morgan fingerprint density at radius 1 is 0.943 bits per heavy atom. The number of methoxy groups -OCH3 is 1. The number of benzene rings is 3. The van der Waals surface area contributed by atoms with Crippen LogP contribution in [0.15, 0.2) is 72.4 Å². The van der Waals surface area contributed by atoms with E-state index in [0.29, 0.717) is 10.7 Å². The van der Waals surface area contributed by atoms with E-state index in [-0.39, 0.29) is 28.3 Å². The first-order valence-electron chi connectivity index (χ1n) is 9.85. The average molecular weight is 497 g/mol. The molecular formula is C23H17ClN4O7. The van der Waals surface area contributed by atoms with Crippen LogP contribution in [0, 0.1) is 20.2 Å². The van der Waals surface area contributed by atoms with Gasteiger partial charge in [-0.2, -0.15) is 0 Å². The maximum absolute atomic E-state index is 13.0. The molecule has 12 heteroatoms. The first-order valence-corrected chi connectivity index (χ1v) is 10.2. The summed E-state index contributed by atoms with van der Waals surface area (Å²) >= 11 is 5.86. The Hall–Kier alpha value is -4.77. The number of ether oxygens (including phenoxy) is 1.